The maximum absolute atomic E-state index is 11.7. The summed E-state index contributed by atoms with van der Waals surface area (Å²) in [7, 11) is 0. The Morgan fingerprint density at radius 1 is 1.55 bits per heavy atom. The van der Waals surface area contributed by atoms with E-state index >= 15 is 0 Å². The number of carbonyl (C=O) groups is 1. The molecule has 20 heavy (non-hydrogen) atoms. The molecule has 0 fully saturated rings. The van der Waals surface area contributed by atoms with Gasteiger partial charge < -0.3 is 15.5 Å². The number of amides is 1. The third-order valence-corrected chi connectivity index (χ3v) is 3.47. The van der Waals surface area contributed by atoms with E-state index in [4.69, 9.17) is 0 Å². The molecule has 0 aromatic carbocycles. The van der Waals surface area contributed by atoms with Crippen LogP contribution in [0.3, 0.4) is 0 Å². The first-order chi connectivity index (χ1) is 9.35. The summed E-state index contributed by atoms with van der Waals surface area (Å²) in [6.07, 6.45) is 6.61. The predicted molar refractivity (Wildman–Crippen MR) is 78.0 cm³/mol. The molecular formula is C15H22N2O3. The summed E-state index contributed by atoms with van der Waals surface area (Å²) in [5, 5.41) is 22.1. The van der Waals surface area contributed by atoms with Gasteiger partial charge >= 0.3 is 0 Å². The van der Waals surface area contributed by atoms with Crippen LogP contribution in [-0.4, -0.2) is 33.3 Å². The van der Waals surface area contributed by atoms with Gasteiger partial charge in [0.2, 0.25) is 5.91 Å². The van der Waals surface area contributed by atoms with Crippen LogP contribution in [0.15, 0.2) is 24.5 Å². The average molecular weight is 278 g/mol. The molecule has 2 atom stereocenters. The molecule has 1 amide bonds. The van der Waals surface area contributed by atoms with Crippen LogP contribution in [0.2, 0.25) is 0 Å². The molecule has 0 aliphatic carbocycles. The smallest absolute Gasteiger partial charge is 0.244 e. The minimum atomic E-state index is -0.926. The number of rotatable bonds is 6. The first-order valence-electron chi connectivity index (χ1n) is 6.67. The Labute approximate surface area is 119 Å². The zero-order chi connectivity index (χ0) is 15.2. The lowest BCUT2D eigenvalue weighted by Gasteiger charge is -2.29. The van der Waals surface area contributed by atoms with E-state index in [9.17, 15) is 15.0 Å². The lowest BCUT2D eigenvalue weighted by molar-refractivity contribution is -0.118. The van der Waals surface area contributed by atoms with Gasteiger partial charge in [0, 0.05) is 18.8 Å². The molecule has 0 saturated carbocycles. The van der Waals surface area contributed by atoms with Gasteiger partial charge in [0.05, 0.1) is 11.8 Å². The zero-order valence-corrected chi connectivity index (χ0v) is 12.1. The minimum absolute atomic E-state index is 0.0484. The van der Waals surface area contributed by atoms with E-state index in [0.717, 1.165) is 6.42 Å². The van der Waals surface area contributed by atoms with Crippen molar-refractivity contribution in [2.24, 2.45) is 5.92 Å². The highest BCUT2D eigenvalue weighted by atomic mass is 16.3. The molecule has 5 heteroatoms. The molecule has 5 nitrogen and oxygen atoms in total. The van der Waals surface area contributed by atoms with E-state index in [1.54, 1.807) is 19.2 Å². The van der Waals surface area contributed by atoms with Crippen molar-refractivity contribution in [1.82, 2.24) is 10.3 Å². The maximum atomic E-state index is 11.7. The molecule has 0 bridgehead atoms. The van der Waals surface area contributed by atoms with E-state index < -0.39 is 5.60 Å². The highest BCUT2D eigenvalue weighted by molar-refractivity contribution is 5.91. The fraction of sp³-hybridized carbons (Fsp3) is 0.467. The van der Waals surface area contributed by atoms with Gasteiger partial charge in [-0.2, -0.15) is 0 Å². The second-order valence-corrected chi connectivity index (χ2v) is 5.19. The van der Waals surface area contributed by atoms with E-state index in [1.807, 2.05) is 13.8 Å². The Balaban J connectivity index is 2.52. The molecule has 0 spiro atoms. The van der Waals surface area contributed by atoms with Gasteiger partial charge in [0.25, 0.3) is 0 Å². The number of hydrogen-bond acceptors (Lipinski definition) is 4. The number of nitrogens with zero attached hydrogens (tertiary/aromatic N) is 1. The van der Waals surface area contributed by atoms with Gasteiger partial charge in [-0.3, -0.25) is 9.78 Å². The Morgan fingerprint density at radius 3 is 2.85 bits per heavy atom. The van der Waals surface area contributed by atoms with Gasteiger partial charge in [-0.05, 0) is 30.5 Å². The number of hydrogen-bond donors (Lipinski definition) is 3. The van der Waals surface area contributed by atoms with E-state index in [-0.39, 0.29) is 24.1 Å². The third kappa shape index (κ3) is 5.01. The lowest BCUT2D eigenvalue weighted by Crippen LogP contribution is -2.44. The summed E-state index contributed by atoms with van der Waals surface area (Å²) < 4.78 is 0. The van der Waals surface area contributed by atoms with Crippen LogP contribution < -0.4 is 5.32 Å². The van der Waals surface area contributed by atoms with Crippen LogP contribution in [0.1, 0.15) is 32.8 Å². The van der Waals surface area contributed by atoms with Gasteiger partial charge in [-0.1, -0.05) is 20.3 Å². The number of aliphatic hydroxyl groups is 1. The van der Waals surface area contributed by atoms with Gasteiger partial charge in [-0.25, -0.2) is 0 Å². The van der Waals surface area contributed by atoms with Crippen molar-refractivity contribution >= 4 is 12.0 Å². The van der Waals surface area contributed by atoms with Crippen molar-refractivity contribution in [3.05, 3.63) is 30.1 Å². The molecule has 1 rings (SSSR count). The first kappa shape index (κ1) is 16.2. The number of aromatic nitrogens is 1. The standard InChI is InChI=1S/C15H22N2O3/c1-4-11(2)15(3,20)10-17-14(19)6-5-12-7-13(18)9-16-8-12/h5-9,11,18,20H,4,10H2,1-3H3,(H,17,19)/b6-5+. The molecule has 0 aliphatic heterocycles. The summed E-state index contributed by atoms with van der Waals surface area (Å²) in [4.78, 5) is 15.5. The second kappa shape index (κ2) is 7.05. The van der Waals surface area contributed by atoms with Crippen LogP contribution in [0.4, 0.5) is 0 Å². The monoisotopic (exact) mass is 278 g/mol. The van der Waals surface area contributed by atoms with Gasteiger partial charge in [0.1, 0.15) is 5.75 Å². The normalized spacial score (nSPS) is 15.8. The van der Waals surface area contributed by atoms with E-state index in [2.05, 4.69) is 10.3 Å². The first-order valence-corrected chi connectivity index (χ1v) is 6.67. The van der Waals surface area contributed by atoms with Crippen molar-refractivity contribution in [3.8, 4) is 5.75 Å². The van der Waals surface area contributed by atoms with E-state index in [0.29, 0.717) is 5.56 Å². The molecule has 3 N–H and O–H groups in total. The molecule has 1 aromatic rings. The highest BCUT2D eigenvalue weighted by Gasteiger charge is 2.26. The number of nitrogens with one attached hydrogen (secondary N) is 1. The second-order valence-electron chi connectivity index (χ2n) is 5.19. The molecule has 2 unspecified atom stereocenters. The Bertz CT molecular complexity index is 484. The van der Waals surface area contributed by atoms with Gasteiger partial charge in [0.15, 0.2) is 0 Å². The number of pyridine rings is 1. The minimum Gasteiger partial charge on any atom is -0.506 e. The van der Waals surface area contributed by atoms with Crippen LogP contribution in [0.5, 0.6) is 5.75 Å². The van der Waals surface area contributed by atoms with Crippen LogP contribution in [0.25, 0.3) is 6.08 Å². The van der Waals surface area contributed by atoms with Crippen LogP contribution >= 0.6 is 0 Å². The van der Waals surface area contributed by atoms with Crippen molar-refractivity contribution in [1.29, 1.82) is 0 Å². The van der Waals surface area contributed by atoms with Crippen molar-refractivity contribution < 1.29 is 15.0 Å². The third-order valence-electron chi connectivity index (χ3n) is 3.47. The summed E-state index contributed by atoms with van der Waals surface area (Å²) >= 11 is 0. The predicted octanol–water partition coefficient (Wildman–Crippen LogP) is 1.71. The van der Waals surface area contributed by atoms with Gasteiger partial charge in [-0.15, -0.1) is 0 Å². The van der Waals surface area contributed by atoms with E-state index in [1.165, 1.54) is 18.3 Å². The maximum Gasteiger partial charge on any atom is 0.244 e. The largest absolute Gasteiger partial charge is 0.506 e. The fourth-order valence-electron chi connectivity index (χ4n) is 1.65. The fourth-order valence-corrected chi connectivity index (χ4v) is 1.65. The molecule has 1 heterocycles. The lowest BCUT2D eigenvalue weighted by atomic mass is 9.89. The molecule has 0 saturated heterocycles. The van der Waals surface area contributed by atoms with Crippen molar-refractivity contribution in [3.63, 3.8) is 0 Å². The molecule has 0 aliphatic rings. The Morgan fingerprint density at radius 2 is 2.25 bits per heavy atom. The Hall–Kier alpha value is -1.88. The molecule has 110 valence electrons. The highest BCUT2D eigenvalue weighted by Crippen LogP contribution is 2.18. The van der Waals surface area contributed by atoms with Crippen LogP contribution in [0, 0.1) is 5.92 Å². The average Bonchev–Trinajstić information content (AvgIpc) is 2.42. The molecule has 0 radical (unpaired) electrons. The number of carbonyl (C=O) groups excluding carboxylic acids is 1. The Kier molecular flexibility index (Phi) is 5.70. The van der Waals surface area contributed by atoms with Crippen LogP contribution in [-0.2, 0) is 4.79 Å². The quantitative estimate of drug-likeness (QED) is 0.692. The summed E-state index contributed by atoms with van der Waals surface area (Å²) in [5.74, 6) is -0.147. The van der Waals surface area contributed by atoms with Crippen molar-refractivity contribution in [2.75, 3.05) is 6.54 Å². The SMILES string of the molecule is CCC(C)C(C)(O)CNC(=O)/C=C/c1cncc(O)c1. The molecular weight excluding hydrogens is 256 g/mol. The molecule has 1 aromatic heterocycles. The summed E-state index contributed by atoms with van der Waals surface area (Å²) in [6, 6.07) is 1.51. The van der Waals surface area contributed by atoms with Crippen molar-refractivity contribution in [2.45, 2.75) is 32.8 Å². The number of aromatic hydroxyl groups is 1. The summed E-state index contributed by atoms with van der Waals surface area (Å²) in [6.45, 7) is 5.85. The topological polar surface area (TPSA) is 82.5 Å². The summed E-state index contributed by atoms with van der Waals surface area (Å²) in [5.41, 5.74) is -0.293. The zero-order valence-electron chi connectivity index (χ0n) is 12.1.